The van der Waals surface area contributed by atoms with Crippen molar-refractivity contribution in [1.29, 1.82) is 0 Å². The summed E-state index contributed by atoms with van der Waals surface area (Å²) in [5, 5.41) is 3.06. The third kappa shape index (κ3) is 5.02. The van der Waals surface area contributed by atoms with Gasteiger partial charge in [-0.25, -0.2) is 0 Å². The van der Waals surface area contributed by atoms with Gasteiger partial charge in [0.05, 0.1) is 13.5 Å². The maximum Gasteiger partial charge on any atom is 0.224 e. The molecule has 1 amide bonds. The minimum Gasteiger partial charge on any atom is -0.497 e. The van der Waals surface area contributed by atoms with E-state index in [1.165, 1.54) is 12.8 Å². The van der Waals surface area contributed by atoms with E-state index in [2.05, 4.69) is 24.1 Å². The lowest BCUT2D eigenvalue weighted by molar-refractivity contribution is -0.120. The molecule has 1 aromatic rings. The maximum absolute atomic E-state index is 12.1. The molecule has 2 rings (SSSR count). The van der Waals surface area contributed by atoms with Crippen LogP contribution in [-0.2, 0) is 11.2 Å². The van der Waals surface area contributed by atoms with Crippen LogP contribution in [0.5, 0.6) is 5.75 Å². The molecule has 1 aromatic carbocycles. The van der Waals surface area contributed by atoms with Gasteiger partial charge in [-0.3, -0.25) is 9.69 Å². The second-order valence-electron chi connectivity index (χ2n) is 6.42. The van der Waals surface area contributed by atoms with Gasteiger partial charge in [0.25, 0.3) is 0 Å². The van der Waals surface area contributed by atoms with Crippen molar-refractivity contribution in [2.24, 2.45) is 5.92 Å². The van der Waals surface area contributed by atoms with E-state index in [1.807, 2.05) is 24.3 Å². The zero-order valence-corrected chi connectivity index (χ0v) is 14.0. The predicted molar refractivity (Wildman–Crippen MR) is 89.1 cm³/mol. The van der Waals surface area contributed by atoms with E-state index in [0.29, 0.717) is 12.5 Å². The van der Waals surface area contributed by atoms with Gasteiger partial charge in [0.2, 0.25) is 5.91 Å². The lowest BCUT2D eigenvalue weighted by Gasteiger charge is -2.35. The number of benzene rings is 1. The van der Waals surface area contributed by atoms with E-state index < -0.39 is 0 Å². The van der Waals surface area contributed by atoms with Crippen LogP contribution in [0.1, 0.15) is 32.3 Å². The number of methoxy groups -OCH3 is 1. The lowest BCUT2D eigenvalue weighted by Crippen LogP contribution is -2.46. The highest BCUT2D eigenvalue weighted by Crippen LogP contribution is 2.17. The number of piperidine rings is 1. The van der Waals surface area contributed by atoms with Gasteiger partial charge < -0.3 is 10.1 Å². The smallest absolute Gasteiger partial charge is 0.224 e. The van der Waals surface area contributed by atoms with Gasteiger partial charge in [0, 0.05) is 19.1 Å². The van der Waals surface area contributed by atoms with Gasteiger partial charge in [0.15, 0.2) is 0 Å². The van der Waals surface area contributed by atoms with E-state index in [0.717, 1.165) is 36.9 Å². The van der Waals surface area contributed by atoms with Crippen molar-refractivity contribution < 1.29 is 9.53 Å². The summed E-state index contributed by atoms with van der Waals surface area (Å²) < 4.78 is 5.19. The molecule has 0 radical (unpaired) electrons. The fraction of sp³-hybridized carbons (Fsp3) is 0.611. The first-order valence-corrected chi connectivity index (χ1v) is 8.22. The first-order valence-electron chi connectivity index (χ1n) is 8.22. The Labute approximate surface area is 133 Å². The fourth-order valence-corrected chi connectivity index (χ4v) is 3.05. The SMILES string of the molecule is COc1cccc(CC(=O)NC[C@H](C)N2CCC[C@@H](C)C2)c1. The molecule has 22 heavy (non-hydrogen) atoms. The maximum atomic E-state index is 12.1. The summed E-state index contributed by atoms with van der Waals surface area (Å²) in [6.07, 6.45) is 3.00. The van der Waals surface area contributed by atoms with Crippen LogP contribution in [0.2, 0.25) is 0 Å². The van der Waals surface area contributed by atoms with Crippen molar-refractivity contribution >= 4 is 5.91 Å². The number of ether oxygens (including phenoxy) is 1. The molecule has 1 N–H and O–H groups in total. The molecule has 1 aliphatic rings. The Morgan fingerprint density at radius 1 is 1.50 bits per heavy atom. The van der Waals surface area contributed by atoms with Crippen LogP contribution in [0.3, 0.4) is 0 Å². The molecule has 1 heterocycles. The molecule has 122 valence electrons. The van der Waals surface area contributed by atoms with Crippen molar-refractivity contribution in [3.63, 3.8) is 0 Å². The van der Waals surface area contributed by atoms with E-state index in [-0.39, 0.29) is 5.91 Å². The summed E-state index contributed by atoms with van der Waals surface area (Å²) in [5.74, 6) is 1.63. The van der Waals surface area contributed by atoms with Gasteiger partial charge >= 0.3 is 0 Å². The van der Waals surface area contributed by atoms with Crippen LogP contribution in [0.15, 0.2) is 24.3 Å². The standard InChI is InChI=1S/C18H28N2O2/c1-14-6-5-9-20(13-14)15(2)12-19-18(21)11-16-7-4-8-17(10-16)22-3/h4,7-8,10,14-15H,5-6,9,11-13H2,1-3H3,(H,19,21)/t14-,15+/m1/s1. The van der Waals surface area contributed by atoms with Crippen LogP contribution >= 0.6 is 0 Å². The molecule has 4 heteroatoms. The Bertz CT molecular complexity index is 490. The minimum absolute atomic E-state index is 0.0742. The molecule has 1 saturated heterocycles. The van der Waals surface area contributed by atoms with Crippen molar-refractivity contribution in [3.05, 3.63) is 29.8 Å². The van der Waals surface area contributed by atoms with Crippen LogP contribution in [-0.4, -0.2) is 43.6 Å². The highest BCUT2D eigenvalue weighted by molar-refractivity contribution is 5.78. The number of carbonyl (C=O) groups is 1. The van der Waals surface area contributed by atoms with Gasteiger partial charge in [-0.05, 0) is 49.9 Å². The highest BCUT2D eigenvalue weighted by atomic mass is 16.5. The first kappa shape index (κ1) is 16.8. The lowest BCUT2D eigenvalue weighted by atomic mass is 9.99. The minimum atomic E-state index is 0.0742. The Hall–Kier alpha value is -1.55. The second kappa shape index (κ2) is 8.18. The second-order valence-corrected chi connectivity index (χ2v) is 6.42. The van der Waals surface area contributed by atoms with E-state index >= 15 is 0 Å². The highest BCUT2D eigenvalue weighted by Gasteiger charge is 2.21. The number of carbonyl (C=O) groups excluding carboxylic acids is 1. The van der Waals surface area contributed by atoms with E-state index in [1.54, 1.807) is 7.11 Å². The molecule has 0 bridgehead atoms. The number of amides is 1. The molecule has 0 saturated carbocycles. The number of nitrogens with zero attached hydrogens (tertiary/aromatic N) is 1. The fourth-order valence-electron chi connectivity index (χ4n) is 3.05. The topological polar surface area (TPSA) is 41.6 Å². The molecule has 1 fully saturated rings. The van der Waals surface area contributed by atoms with Crippen molar-refractivity contribution in [1.82, 2.24) is 10.2 Å². The van der Waals surface area contributed by atoms with Crippen molar-refractivity contribution in [2.45, 2.75) is 39.2 Å². The average Bonchev–Trinajstić information content (AvgIpc) is 2.52. The molecule has 1 aliphatic heterocycles. The number of hydrogen-bond acceptors (Lipinski definition) is 3. The summed E-state index contributed by atoms with van der Waals surface area (Å²) in [6, 6.07) is 8.07. The molecule has 4 nitrogen and oxygen atoms in total. The van der Waals surface area contributed by atoms with E-state index in [4.69, 9.17) is 4.74 Å². The summed E-state index contributed by atoms with van der Waals surface area (Å²) >= 11 is 0. The Morgan fingerprint density at radius 3 is 3.05 bits per heavy atom. The number of hydrogen-bond donors (Lipinski definition) is 1. The van der Waals surface area contributed by atoms with Crippen LogP contribution in [0.4, 0.5) is 0 Å². The predicted octanol–water partition coefficient (Wildman–Crippen LogP) is 2.47. The Kier molecular flexibility index (Phi) is 6.25. The molecular weight excluding hydrogens is 276 g/mol. The first-order chi connectivity index (χ1) is 10.6. The van der Waals surface area contributed by atoms with Crippen molar-refractivity contribution in [3.8, 4) is 5.75 Å². The summed E-state index contributed by atoms with van der Waals surface area (Å²) in [6.45, 7) is 7.52. The number of rotatable bonds is 6. The summed E-state index contributed by atoms with van der Waals surface area (Å²) in [5.41, 5.74) is 0.982. The third-order valence-electron chi connectivity index (χ3n) is 4.41. The quantitative estimate of drug-likeness (QED) is 0.878. The molecule has 0 unspecified atom stereocenters. The summed E-state index contributed by atoms with van der Waals surface area (Å²) in [4.78, 5) is 14.6. The van der Waals surface area contributed by atoms with Gasteiger partial charge in [-0.2, -0.15) is 0 Å². The largest absolute Gasteiger partial charge is 0.497 e. The van der Waals surface area contributed by atoms with Crippen LogP contribution in [0.25, 0.3) is 0 Å². The zero-order chi connectivity index (χ0) is 15.9. The Balaban J connectivity index is 1.77. The molecular formula is C18H28N2O2. The molecule has 0 aromatic heterocycles. The third-order valence-corrected chi connectivity index (χ3v) is 4.41. The van der Waals surface area contributed by atoms with Crippen LogP contribution in [0, 0.1) is 5.92 Å². The monoisotopic (exact) mass is 304 g/mol. The molecule has 0 spiro atoms. The number of likely N-dealkylation sites (tertiary alicyclic amines) is 1. The van der Waals surface area contributed by atoms with Gasteiger partial charge in [-0.1, -0.05) is 19.1 Å². The average molecular weight is 304 g/mol. The normalized spacial score (nSPS) is 20.4. The van der Waals surface area contributed by atoms with Gasteiger partial charge in [0.1, 0.15) is 5.75 Å². The molecule has 2 atom stereocenters. The number of nitrogens with one attached hydrogen (secondary N) is 1. The zero-order valence-electron chi connectivity index (χ0n) is 14.0. The molecule has 0 aliphatic carbocycles. The van der Waals surface area contributed by atoms with E-state index in [9.17, 15) is 4.79 Å². The van der Waals surface area contributed by atoms with Gasteiger partial charge in [-0.15, -0.1) is 0 Å². The van der Waals surface area contributed by atoms with Crippen molar-refractivity contribution in [2.75, 3.05) is 26.7 Å². The summed E-state index contributed by atoms with van der Waals surface area (Å²) in [7, 11) is 1.64. The van der Waals surface area contributed by atoms with Crippen LogP contribution < -0.4 is 10.1 Å². The Morgan fingerprint density at radius 2 is 2.32 bits per heavy atom.